The van der Waals surface area contributed by atoms with E-state index in [0.29, 0.717) is 11.8 Å². The number of aryl methyl sites for hydroxylation is 1. The Kier molecular flexibility index (Phi) is 3.02. The van der Waals surface area contributed by atoms with Crippen LogP contribution in [0.3, 0.4) is 0 Å². The number of rotatable bonds is 2. The molecule has 0 fully saturated rings. The third-order valence-corrected chi connectivity index (χ3v) is 4.07. The van der Waals surface area contributed by atoms with Crippen LogP contribution in [0.1, 0.15) is 55.7 Å². The smallest absolute Gasteiger partial charge is 0.0443 e. The summed E-state index contributed by atoms with van der Waals surface area (Å²) in [6.07, 6.45) is 2.06. The van der Waals surface area contributed by atoms with Crippen LogP contribution < -0.4 is 0 Å². The molecule has 2 heteroatoms. The highest BCUT2D eigenvalue weighted by atomic mass is 32.1. The van der Waals surface area contributed by atoms with Gasteiger partial charge in [0.2, 0.25) is 0 Å². The molecule has 0 unspecified atom stereocenters. The zero-order valence-electron chi connectivity index (χ0n) is 10.7. The second kappa shape index (κ2) is 4.17. The molecule has 1 nitrogen and oxygen atoms in total. The van der Waals surface area contributed by atoms with Gasteiger partial charge in [-0.05, 0) is 30.4 Å². The molecule has 0 amide bonds. The van der Waals surface area contributed by atoms with Crippen molar-refractivity contribution < 1.29 is 0 Å². The Labute approximate surface area is 102 Å². The minimum atomic E-state index is 0.509. The maximum Gasteiger partial charge on any atom is 0.0443 e. The summed E-state index contributed by atoms with van der Waals surface area (Å²) in [5.41, 5.74) is 2.67. The van der Waals surface area contributed by atoms with Crippen molar-refractivity contribution in [3.63, 3.8) is 0 Å². The molecule has 0 radical (unpaired) electrons. The molecule has 16 heavy (non-hydrogen) atoms. The first-order valence-corrected chi connectivity index (χ1v) is 6.71. The average Bonchev–Trinajstić information content (AvgIpc) is 2.51. The molecule has 2 aromatic rings. The van der Waals surface area contributed by atoms with E-state index in [-0.39, 0.29) is 0 Å². The van der Waals surface area contributed by atoms with Crippen molar-refractivity contribution in [2.75, 3.05) is 0 Å². The molecule has 86 valence electrons. The lowest BCUT2D eigenvalue weighted by atomic mass is 10.0. The summed E-state index contributed by atoms with van der Waals surface area (Å²) in [5.74, 6) is 1.09. The standard InChI is InChI=1S/C14H19NS/c1-8(2)12-6-13-11(7-15-12)14(9(3)4)10(5)16-13/h6-9H,1-5H3. The topological polar surface area (TPSA) is 12.9 Å². The van der Waals surface area contributed by atoms with Gasteiger partial charge in [0.1, 0.15) is 0 Å². The van der Waals surface area contributed by atoms with Gasteiger partial charge in [-0.25, -0.2) is 0 Å². The summed E-state index contributed by atoms with van der Waals surface area (Å²) in [7, 11) is 0. The predicted octanol–water partition coefficient (Wildman–Crippen LogP) is 4.85. The first-order valence-electron chi connectivity index (χ1n) is 5.89. The minimum Gasteiger partial charge on any atom is -0.260 e. The quantitative estimate of drug-likeness (QED) is 0.722. The number of hydrogen-bond donors (Lipinski definition) is 0. The molecule has 2 aromatic heterocycles. The van der Waals surface area contributed by atoms with Gasteiger partial charge in [0.05, 0.1) is 0 Å². The molecule has 0 spiro atoms. The lowest BCUT2D eigenvalue weighted by Crippen LogP contribution is -1.92. The van der Waals surface area contributed by atoms with Crippen molar-refractivity contribution in [2.45, 2.75) is 46.5 Å². The molecule has 0 N–H and O–H groups in total. The van der Waals surface area contributed by atoms with Gasteiger partial charge in [-0.2, -0.15) is 0 Å². The van der Waals surface area contributed by atoms with Crippen molar-refractivity contribution in [3.8, 4) is 0 Å². The summed E-state index contributed by atoms with van der Waals surface area (Å²) in [6.45, 7) is 11.1. The fourth-order valence-electron chi connectivity index (χ4n) is 2.18. The summed E-state index contributed by atoms with van der Waals surface area (Å²) < 4.78 is 1.39. The van der Waals surface area contributed by atoms with Gasteiger partial charge in [-0.15, -0.1) is 11.3 Å². The zero-order valence-corrected chi connectivity index (χ0v) is 11.5. The summed E-state index contributed by atoms with van der Waals surface area (Å²) in [5, 5.41) is 1.35. The van der Waals surface area contributed by atoms with Crippen LogP contribution in [0.5, 0.6) is 0 Å². The Bertz CT molecular complexity index is 509. The fourth-order valence-corrected chi connectivity index (χ4v) is 3.42. The number of pyridine rings is 1. The first-order chi connectivity index (χ1) is 7.50. The molecule has 0 aromatic carbocycles. The number of nitrogens with zero attached hydrogens (tertiary/aromatic N) is 1. The largest absolute Gasteiger partial charge is 0.260 e. The predicted molar refractivity (Wildman–Crippen MR) is 72.5 cm³/mol. The van der Waals surface area contributed by atoms with Gasteiger partial charge in [-0.1, -0.05) is 27.7 Å². The normalized spacial score (nSPS) is 11.9. The third-order valence-electron chi connectivity index (χ3n) is 2.99. The van der Waals surface area contributed by atoms with Crippen molar-refractivity contribution in [1.82, 2.24) is 4.98 Å². The molecular weight excluding hydrogens is 214 g/mol. The molecule has 0 bridgehead atoms. The number of fused-ring (bicyclic) bond motifs is 1. The van der Waals surface area contributed by atoms with Crippen LogP contribution in [0.2, 0.25) is 0 Å². The van der Waals surface area contributed by atoms with Crippen LogP contribution in [0, 0.1) is 6.92 Å². The van der Waals surface area contributed by atoms with Crippen LogP contribution in [0.15, 0.2) is 12.3 Å². The lowest BCUT2D eigenvalue weighted by Gasteiger charge is -2.06. The summed E-state index contributed by atoms with van der Waals surface area (Å²) in [4.78, 5) is 6.01. The highest BCUT2D eigenvalue weighted by Crippen LogP contribution is 2.36. The van der Waals surface area contributed by atoms with Gasteiger partial charge >= 0.3 is 0 Å². The van der Waals surface area contributed by atoms with Crippen LogP contribution in [0.25, 0.3) is 10.1 Å². The second-order valence-electron chi connectivity index (χ2n) is 4.99. The van der Waals surface area contributed by atoms with Gasteiger partial charge < -0.3 is 0 Å². The fraction of sp³-hybridized carbons (Fsp3) is 0.500. The number of aromatic nitrogens is 1. The molecule has 0 saturated carbocycles. The van der Waals surface area contributed by atoms with Crippen LogP contribution >= 0.6 is 11.3 Å². The first kappa shape index (κ1) is 11.6. The monoisotopic (exact) mass is 233 g/mol. The van der Waals surface area contributed by atoms with Crippen molar-refractivity contribution in [2.24, 2.45) is 0 Å². The molecule has 0 aliphatic heterocycles. The van der Waals surface area contributed by atoms with Crippen LogP contribution in [0.4, 0.5) is 0 Å². The van der Waals surface area contributed by atoms with E-state index in [1.807, 2.05) is 11.3 Å². The Balaban J connectivity index is 2.65. The van der Waals surface area contributed by atoms with E-state index < -0.39 is 0 Å². The van der Waals surface area contributed by atoms with Crippen molar-refractivity contribution in [3.05, 3.63) is 28.4 Å². The van der Waals surface area contributed by atoms with E-state index in [0.717, 1.165) is 0 Å². The van der Waals surface area contributed by atoms with E-state index in [1.54, 1.807) is 0 Å². The van der Waals surface area contributed by atoms with E-state index in [2.05, 4.69) is 51.9 Å². The Hall–Kier alpha value is -0.890. The average molecular weight is 233 g/mol. The van der Waals surface area contributed by atoms with Gasteiger partial charge in [0.15, 0.2) is 0 Å². The Morgan fingerprint density at radius 2 is 1.81 bits per heavy atom. The number of hydrogen-bond acceptors (Lipinski definition) is 2. The maximum atomic E-state index is 4.57. The van der Waals surface area contributed by atoms with Crippen molar-refractivity contribution >= 4 is 21.4 Å². The zero-order chi connectivity index (χ0) is 11.9. The van der Waals surface area contributed by atoms with Gasteiger partial charge in [-0.3, -0.25) is 4.98 Å². The van der Waals surface area contributed by atoms with E-state index >= 15 is 0 Å². The minimum absolute atomic E-state index is 0.509. The molecule has 0 saturated heterocycles. The Morgan fingerprint density at radius 3 is 2.38 bits per heavy atom. The molecule has 0 atom stereocenters. The molecule has 2 rings (SSSR count). The summed E-state index contributed by atoms with van der Waals surface area (Å²) >= 11 is 1.90. The maximum absolute atomic E-state index is 4.57. The third kappa shape index (κ3) is 1.86. The van der Waals surface area contributed by atoms with E-state index in [9.17, 15) is 0 Å². The van der Waals surface area contributed by atoms with E-state index in [4.69, 9.17) is 0 Å². The lowest BCUT2D eigenvalue weighted by molar-refractivity contribution is 0.825. The highest BCUT2D eigenvalue weighted by Gasteiger charge is 2.13. The Morgan fingerprint density at radius 1 is 1.12 bits per heavy atom. The summed E-state index contributed by atoms with van der Waals surface area (Å²) in [6, 6.07) is 2.25. The van der Waals surface area contributed by atoms with Crippen LogP contribution in [-0.2, 0) is 0 Å². The van der Waals surface area contributed by atoms with Gasteiger partial charge in [0, 0.05) is 26.9 Å². The molecule has 0 aliphatic rings. The molecule has 2 heterocycles. The SMILES string of the molecule is Cc1sc2cc(C(C)C)ncc2c1C(C)C. The second-order valence-corrected chi connectivity index (χ2v) is 6.24. The van der Waals surface area contributed by atoms with Gasteiger partial charge in [0.25, 0.3) is 0 Å². The van der Waals surface area contributed by atoms with Crippen molar-refractivity contribution in [1.29, 1.82) is 0 Å². The molecular formula is C14H19NS. The van der Waals surface area contributed by atoms with Crippen LogP contribution in [-0.4, -0.2) is 4.98 Å². The number of thiophene rings is 1. The highest BCUT2D eigenvalue weighted by molar-refractivity contribution is 7.19. The molecule has 0 aliphatic carbocycles. The van der Waals surface area contributed by atoms with E-state index in [1.165, 1.54) is 26.2 Å².